The van der Waals surface area contributed by atoms with Gasteiger partial charge in [0, 0.05) is 80.3 Å². The number of aryl methyl sites for hydroxylation is 2. The van der Waals surface area contributed by atoms with Crippen molar-refractivity contribution in [2.24, 2.45) is 18.4 Å². The predicted molar refractivity (Wildman–Crippen MR) is 120 cm³/mol. The Morgan fingerprint density at radius 3 is 2.83 bits per heavy atom. The highest BCUT2D eigenvalue weighted by Gasteiger charge is 2.51. The van der Waals surface area contributed by atoms with Crippen LogP contribution in [0.2, 0.25) is 0 Å². The second-order valence-electron chi connectivity index (χ2n) is 9.37. The van der Waals surface area contributed by atoms with Gasteiger partial charge in [-0.05, 0) is 18.9 Å². The summed E-state index contributed by atoms with van der Waals surface area (Å²) in [5, 5.41) is 9.14. The lowest BCUT2D eigenvalue weighted by atomic mass is 9.75. The molecular weight excluding hydrogens is 394 g/mol. The molecule has 1 unspecified atom stereocenters. The molecule has 3 aliphatic rings. The lowest BCUT2D eigenvalue weighted by molar-refractivity contribution is -0.0447. The molecule has 0 saturated carbocycles. The van der Waals surface area contributed by atoms with E-state index in [2.05, 4.69) is 50.6 Å². The van der Waals surface area contributed by atoms with E-state index in [9.17, 15) is 0 Å². The molecule has 0 amide bonds. The first-order valence-electron chi connectivity index (χ1n) is 11.1. The van der Waals surface area contributed by atoms with Crippen molar-refractivity contribution in [1.29, 1.82) is 0 Å². The second-order valence-corrected chi connectivity index (χ2v) is 10.5. The van der Waals surface area contributed by atoms with Crippen molar-refractivity contribution in [3.63, 3.8) is 0 Å². The van der Waals surface area contributed by atoms with E-state index >= 15 is 0 Å². The lowest BCUT2D eigenvalue weighted by Gasteiger charge is -2.54. The molecule has 6 rings (SSSR count). The highest BCUT2D eigenvalue weighted by Crippen LogP contribution is 2.47. The maximum atomic E-state index is 4.70. The molecule has 3 saturated heterocycles. The molecule has 0 radical (unpaired) electrons. The van der Waals surface area contributed by atoms with Gasteiger partial charge in [0.2, 0.25) is 0 Å². The van der Waals surface area contributed by atoms with Crippen molar-refractivity contribution in [2.75, 3.05) is 44.2 Å². The van der Waals surface area contributed by atoms with Crippen molar-refractivity contribution >= 4 is 27.4 Å². The van der Waals surface area contributed by atoms with E-state index in [-0.39, 0.29) is 0 Å². The first-order chi connectivity index (χ1) is 14.6. The van der Waals surface area contributed by atoms with E-state index < -0.39 is 0 Å². The van der Waals surface area contributed by atoms with Gasteiger partial charge in [0.25, 0.3) is 0 Å². The number of rotatable bonds is 5. The lowest BCUT2D eigenvalue weighted by Crippen LogP contribution is -2.62. The first kappa shape index (κ1) is 18.7. The Labute approximate surface area is 181 Å². The number of thiophene rings is 1. The smallest absolute Gasteiger partial charge is 0.140 e. The summed E-state index contributed by atoms with van der Waals surface area (Å²) >= 11 is 1.81. The Hall–Kier alpha value is -2.03. The molecule has 8 heteroatoms. The Morgan fingerprint density at radius 1 is 1.27 bits per heavy atom. The third-order valence-corrected chi connectivity index (χ3v) is 8.43. The molecule has 1 atom stereocenters. The monoisotopic (exact) mass is 423 g/mol. The normalized spacial score (nSPS) is 22.5. The maximum Gasteiger partial charge on any atom is 0.140 e. The first-order valence-corrected chi connectivity index (χ1v) is 11.9. The number of hydrogen-bond donors (Lipinski definition) is 1. The minimum atomic E-state index is 0.401. The van der Waals surface area contributed by atoms with Crippen LogP contribution in [0.1, 0.15) is 29.8 Å². The molecule has 158 valence electrons. The maximum absolute atomic E-state index is 4.70. The van der Waals surface area contributed by atoms with Crippen LogP contribution in [-0.4, -0.2) is 63.9 Å². The Kier molecular flexibility index (Phi) is 4.37. The predicted octanol–water partition coefficient (Wildman–Crippen LogP) is 2.46. The van der Waals surface area contributed by atoms with Gasteiger partial charge in [-0.1, -0.05) is 6.92 Å². The van der Waals surface area contributed by atoms with Crippen LogP contribution in [-0.2, 0) is 13.5 Å². The minimum absolute atomic E-state index is 0.401. The summed E-state index contributed by atoms with van der Waals surface area (Å²) < 4.78 is 1.94. The Bertz CT molecular complexity index is 1060. The molecule has 1 N–H and O–H groups in total. The Balaban J connectivity index is 1.20. The van der Waals surface area contributed by atoms with Crippen LogP contribution in [0, 0.1) is 11.3 Å². The SMILES string of the molecule is CCc1cc2c(N3CCC4(C3)CN(C(c3cnn(C)c3)C3CNC3)C4)ncnc2s1. The quantitative estimate of drug-likeness (QED) is 0.680. The molecule has 3 aromatic rings. The number of likely N-dealkylation sites (tertiary alicyclic amines) is 1. The summed E-state index contributed by atoms with van der Waals surface area (Å²) in [6.07, 6.45) is 8.32. The average Bonchev–Trinajstić information content (AvgIpc) is 3.40. The average molecular weight is 424 g/mol. The topological polar surface area (TPSA) is 62.1 Å². The standard InChI is InChI=1S/C22H29N7S/c1-3-17-6-18-20(24-14-25-21(18)30-17)28-5-4-22(11-28)12-29(13-22)19(15-7-23-8-15)16-9-26-27(2)10-16/h6,9-10,14-15,19,23H,3-5,7-8,11-13H2,1-2H3. The van der Waals surface area contributed by atoms with Crippen LogP contribution < -0.4 is 10.2 Å². The molecule has 3 aliphatic heterocycles. The van der Waals surface area contributed by atoms with Gasteiger partial charge in [0.05, 0.1) is 11.6 Å². The van der Waals surface area contributed by atoms with Crippen LogP contribution in [0.25, 0.3) is 10.2 Å². The molecule has 30 heavy (non-hydrogen) atoms. The van der Waals surface area contributed by atoms with E-state index in [1.807, 2.05) is 11.7 Å². The zero-order valence-electron chi connectivity index (χ0n) is 17.7. The second kappa shape index (κ2) is 7.00. The van der Waals surface area contributed by atoms with Crippen LogP contribution in [0.5, 0.6) is 0 Å². The zero-order chi connectivity index (χ0) is 20.3. The van der Waals surface area contributed by atoms with Gasteiger partial charge in [-0.3, -0.25) is 9.58 Å². The number of anilines is 1. The molecule has 0 aromatic carbocycles. The van der Waals surface area contributed by atoms with E-state index in [1.54, 1.807) is 17.7 Å². The zero-order valence-corrected chi connectivity index (χ0v) is 18.5. The molecular formula is C22H29N7S. The fourth-order valence-electron chi connectivity index (χ4n) is 5.61. The highest BCUT2D eigenvalue weighted by atomic mass is 32.1. The fraction of sp³-hybridized carbons (Fsp3) is 0.591. The minimum Gasteiger partial charge on any atom is -0.355 e. The van der Waals surface area contributed by atoms with Gasteiger partial charge < -0.3 is 10.2 Å². The van der Waals surface area contributed by atoms with Gasteiger partial charge in [0.15, 0.2) is 0 Å². The summed E-state index contributed by atoms with van der Waals surface area (Å²) in [6.45, 7) is 9.00. The molecule has 7 nitrogen and oxygen atoms in total. The molecule has 0 aliphatic carbocycles. The van der Waals surface area contributed by atoms with Gasteiger partial charge in [0.1, 0.15) is 17.0 Å². The van der Waals surface area contributed by atoms with Crippen molar-refractivity contribution < 1.29 is 0 Å². The van der Waals surface area contributed by atoms with Gasteiger partial charge >= 0.3 is 0 Å². The van der Waals surface area contributed by atoms with Crippen LogP contribution in [0.4, 0.5) is 5.82 Å². The number of fused-ring (bicyclic) bond motifs is 1. The van der Waals surface area contributed by atoms with E-state index in [0.717, 1.165) is 43.2 Å². The molecule has 1 spiro atoms. The van der Waals surface area contributed by atoms with Crippen molar-refractivity contribution in [3.8, 4) is 0 Å². The third kappa shape index (κ3) is 2.96. The van der Waals surface area contributed by atoms with E-state index in [1.165, 1.54) is 35.3 Å². The summed E-state index contributed by atoms with van der Waals surface area (Å²) in [6, 6.07) is 2.80. The molecule has 0 bridgehead atoms. The molecule has 3 aromatic heterocycles. The summed E-state index contributed by atoms with van der Waals surface area (Å²) in [5.74, 6) is 1.84. The van der Waals surface area contributed by atoms with Crippen molar-refractivity contribution in [2.45, 2.75) is 25.8 Å². The number of hydrogen-bond acceptors (Lipinski definition) is 7. The van der Waals surface area contributed by atoms with Crippen LogP contribution in [0.15, 0.2) is 24.8 Å². The number of aromatic nitrogens is 4. The van der Waals surface area contributed by atoms with Crippen LogP contribution >= 0.6 is 11.3 Å². The van der Waals surface area contributed by atoms with Gasteiger partial charge in [-0.15, -0.1) is 11.3 Å². The molecule has 3 fully saturated rings. The summed E-state index contributed by atoms with van der Waals surface area (Å²) in [4.78, 5) is 16.9. The third-order valence-electron chi connectivity index (χ3n) is 7.24. The van der Waals surface area contributed by atoms with Crippen molar-refractivity contribution in [3.05, 3.63) is 35.2 Å². The highest BCUT2D eigenvalue weighted by molar-refractivity contribution is 7.18. The Morgan fingerprint density at radius 2 is 2.13 bits per heavy atom. The van der Waals surface area contributed by atoms with Crippen LogP contribution in [0.3, 0.4) is 0 Å². The van der Waals surface area contributed by atoms with E-state index in [0.29, 0.717) is 17.4 Å². The largest absolute Gasteiger partial charge is 0.355 e. The number of nitrogens with one attached hydrogen (secondary N) is 1. The van der Waals surface area contributed by atoms with Gasteiger partial charge in [-0.2, -0.15) is 5.10 Å². The fourth-order valence-corrected chi connectivity index (χ4v) is 6.54. The van der Waals surface area contributed by atoms with E-state index in [4.69, 9.17) is 4.98 Å². The van der Waals surface area contributed by atoms with Gasteiger partial charge in [-0.25, -0.2) is 9.97 Å². The number of nitrogens with zero attached hydrogens (tertiary/aromatic N) is 6. The summed E-state index contributed by atoms with van der Waals surface area (Å²) in [5.41, 5.74) is 1.77. The summed E-state index contributed by atoms with van der Waals surface area (Å²) in [7, 11) is 2.02. The van der Waals surface area contributed by atoms with Crippen molar-refractivity contribution in [1.82, 2.24) is 30.0 Å². The molecule has 6 heterocycles.